The molecule has 1 atom stereocenters. The summed E-state index contributed by atoms with van der Waals surface area (Å²) in [5.41, 5.74) is -0.233. The van der Waals surface area contributed by atoms with Crippen molar-refractivity contribution in [1.29, 1.82) is 0 Å². The molecule has 1 fully saturated rings. The van der Waals surface area contributed by atoms with Crippen LogP contribution in [0, 0.1) is 11.6 Å². The molecule has 1 aliphatic heterocycles. The first-order chi connectivity index (χ1) is 7.70. The molecule has 0 saturated carbocycles. The van der Waals surface area contributed by atoms with E-state index < -0.39 is 23.5 Å². The minimum Gasteiger partial charge on any atom is -0.378 e. The maximum absolute atomic E-state index is 13.3. The van der Waals surface area contributed by atoms with E-state index in [-0.39, 0.29) is 12.2 Å². The number of carbonyl (C=O) groups excluding carboxylic acids is 1. The minimum absolute atomic E-state index is 0.189. The van der Waals surface area contributed by atoms with Gasteiger partial charge in [-0.25, -0.2) is 8.78 Å². The lowest BCUT2D eigenvalue weighted by Gasteiger charge is -2.22. The van der Waals surface area contributed by atoms with E-state index in [9.17, 15) is 13.6 Å². The fourth-order valence-electron chi connectivity index (χ4n) is 1.62. The van der Waals surface area contributed by atoms with E-state index in [0.29, 0.717) is 13.2 Å². The van der Waals surface area contributed by atoms with Gasteiger partial charge in [0.25, 0.3) is 0 Å². The Bertz CT molecular complexity index is 403. The van der Waals surface area contributed by atoms with Crippen LogP contribution in [0.3, 0.4) is 0 Å². The zero-order chi connectivity index (χ0) is 11.5. The Labute approximate surface area is 91.4 Å². The van der Waals surface area contributed by atoms with Crippen molar-refractivity contribution in [3.8, 4) is 0 Å². The monoisotopic (exact) mass is 227 g/mol. The first kappa shape index (κ1) is 11.2. The molecule has 16 heavy (non-hydrogen) atoms. The number of ether oxygens (including phenoxy) is 1. The summed E-state index contributed by atoms with van der Waals surface area (Å²) in [4.78, 5) is 11.8. The molecule has 1 aromatic rings. The maximum atomic E-state index is 13.3. The Morgan fingerprint density at radius 2 is 2.25 bits per heavy atom. The summed E-state index contributed by atoms with van der Waals surface area (Å²) in [6.07, 6.45) is 0. The number of halogens is 2. The number of hydrogen-bond acceptors (Lipinski definition) is 3. The van der Waals surface area contributed by atoms with Crippen LogP contribution in [0.15, 0.2) is 18.2 Å². The molecule has 0 aliphatic carbocycles. The number of hydrogen-bond donors (Lipinski definition) is 1. The molecule has 1 aromatic carbocycles. The van der Waals surface area contributed by atoms with Gasteiger partial charge in [-0.15, -0.1) is 0 Å². The lowest BCUT2D eigenvalue weighted by Crippen LogP contribution is -2.46. The van der Waals surface area contributed by atoms with Crippen LogP contribution < -0.4 is 5.32 Å². The molecule has 5 heteroatoms. The average Bonchev–Trinajstić information content (AvgIpc) is 2.33. The fraction of sp³-hybridized carbons (Fsp3) is 0.364. The first-order valence-corrected chi connectivity index (χ1v) is 4.99. The zero-order valence-electron chi connectivity index (χ0n) is 8.50. The summed E-state index contributed by atoms with van der Waals surface area (Å²) >= 11 is 0. The van der Waals surface area contributed by atoms with E-state index in [2.05, 4.69) is 5.32 Å². The van der Waals surface area contributed by atoms with Crippen LogP contribution >= 0.6 is 0 Å². The van der Waals surface area contributed by atoms with Crippen molar-refractivity contribution in [2.24, 2.45) is 0 Å². The van der Waals surface area contributed by atoms with Gasteiger partial charge in [0.2, 0.25) is 0 Å². The summed E-state index contributed by atoms with van der Waals surface area (Å²) in [5.74, 6) is -2.58. The Morgan fingerprint density at radius 3 is 2.94 bits per heavy atom. The zero-order valence-corrected chi connectivity index (χ0v) is 8.50. The topological polar surface area (TPSA) is 38.3 Å². The largest absolute Gasteiger partial charge is 0.378 e. The molecule has 1 saturated heterocycles. The molecule has 0 bridgehead atoms. The van der Waals surface area contributed by atoms with Crippen molar-refractivity contribution in [2.45, 2.75) is 6.04 Å². The molecular formula is C11H11F2NO2. The van der Waals surface area contributed by atoms with Gasteiger partial charge in [0, 0.05) is 6.54 Å². The molecule has 2 rings (SSSR count). The second-order valence-corrected chi connectivity index (χ2v) is 3.55. The average molecular weight is 227 g/mol. The highest BCUT2D eigenvalue weighted by molar-refractivity contribution is 6.00. The normalized spacial score (nSPS) is 20.8. The van der Waals surface area contributed by atoms with E-state index in [4.69, 9.17) is 4.74 Å². The molecule has 1 heterocycles. The lowest BCUT2D eigenvalue weighted by molar-refractivity contribution is 0.0604. The van der Waals surface area contributed by atoms with Gasteiger partial charge in [-0.05, 0) is 12.1 Å². The standard InChI is InChI=1S/C11H11F2NO2/c12-8-3-1-2-7(10(8)13)11(15)9-6-16-5-4-14-9/h1-3,9,14H,4-6H2. The molecular weight excluding hydrogens is 216 g/mol. The van der Waals surface area contributed by atoms with Crippen molar-refractivity contribution in [2.75, 3.05) is 19.8 Å². The van der Waals surface area contributed by atoms with Gasteiger partial charge in [-0.1, -0.05) is 6.07 Å². The summed E-state index contributed by atoms with van der Waals surface area (Å²) in [6, 6.07) is 2.98. The van der Waals surface area contributed by atoms with Gasteiger partial charge in [-0.2, -0.15) is 0 Å². The van der Waals surface area contributed by atoms with E-state index in [1.54, 1.807) is 0 Å². The number of nitrogens with one attached hydrogen (secondary N) is 1. The quantitative estimate of drug-likeness (QED) is 0.770. The summed E-state index contributed by atoms with van der Waals surface area (Å²) < 4.78 is 31.4. The second kappa shape index (κ2) is 4.67. The molecule has 1 aliphatic rings. The van der Waals surface area contributed by atoms with Crippen LogP contribution in [0.25, 0.3) is 0 Å². The fourth-order valence-corrected chi connectivity index (χ4v) is 1.62. The molecule has 1 N–H and O–H groups in total. The second-order valence-electron chi connectivity index (χ2n) is 3.55. The third kappa shape index (κ3) is 2.10. The predicted octanol–water partition coefficient (Wildman–Crippen LogP) is 1.14. The Morgan fingerprint density at radius 1 is 1.44 bits per heavy atom. The van der Waals surface area contributed by atoms with Crippen LogP contribution in [-0.2, 0) is 4.74 Å². The highest BCUT2D eigenvalue weighted by Gasteiger charge is 2.25. The van der Waals surface area contributed by atoms with Gasteiger partial charge >= 0.3 is 0 Å². The number of carbonyl (C=O) groups is 1. The number of benzene rings is 1. The molecule has 86 valence electrons. The van der Waals surface area contributed by atoms with E-state index in [1.165, 1.54) is 12.1 Å². The highest BCUT2D eigenvalue weighted by Crippen LogP contribution is 2.14. The summed E-state index contributed by atoms with van der Waals surface area (Å²) in [6.45, 7) is 1.25. The maximum Gasteiger partial charge on any atom is 0.185 e. The molecule has 3 nitrogen and oxygen atoms in total. The molecule has 0 amide bonds. The van der Waals surface area contributed by atoms with Gasteiger partial charge in [0.15, 0.2) is 17.4 Å². The predicted molar refractivity (Wildman–Crippen MR) is 53.3 cm³/mol. The van der Waals surface area contributed by atoms with Crippen molar-refractivity contribution in [3.05, 3.63) is 35.4 Å². The van der Waals surface area contributed by atoms with Crippen molar-refractivity contribution in [3.63, 3.8) is 0 Å². The van der Waals surface area contributed by atoms with Gasteiger partial charge in [-0.3, -0.25) is 4.79 Å². The lowest BCUT2D eigenvalue weighted by atomic mass is 10.0. The molecule has 0 spiro atoms. The number of morpholine rings is 1. The third-order valence-corrected chi connectivity index (χ3v) is 2.46. The van der Waals surface area contributed by atoms with E-state index in [0.717, 1.165) is 6.07 Å². The summed E-state index contributed by atoms with van der Waals surface area (Å²) in [5, 5.41) is 2.90. The van der Waals surface area contributed by atoms with Crippen molar-refractivity contribution < 1.29 is 18.3 Å². The number of ketones is 1. The molecule has 1 unspecified atom stereocenters. The third-order valence-electron chi connectivity index (χ3n) is 2.46. The summed E-state index contributed by atoms with van der Waals surface area (Å²) in [7, 11) is 0. The Hall–Kier alpha value is -1.33. The van der Waals surface area contributed by atoms with Crippen molar-refractivity contribution in [1.82, 2.24) is 5.32 Å². The molecule has 0 aromatic heterocycles. The number of rotatable bonds is 2. The van der Waals surface area contributed by atoms with Crippen LogP contribution in [0.1, 0.15) is 10.4 Å². The van der Waals surface area contributed by atoms with Crippen LogP contribution in [0.4, 0.5) is 8.78 Å². The van der Waals surface area contributed by atoms with Crippen LogP contribution in [0.5, 0.6) is 0 Å². The Balaban J connectivity index is 2.22. The smallest absolute Gasteiger partial charge is 0.185 e. The molecule has 0 radical (unpaired) electrons. The SMILES string of the molecule is O=C(c1cccc(F)c1F)C1COCCN1. The number of Topliss-reactive ketones (excluding diaryl/α,β-unsaturated/α-hetero) is 1. The van der Waals surface area contributed by atoms with Crippen LogP contribution in [-0.4, -0.2) is 31.6 Å². The first-order valence-electron chi connectivity index (χ1n) is 4.99. The minimum atomic E-state index is -1.10. The van der Waals surface area contributed by atoms with Crippen molar-refractivity contribution >= 4 is 5.78 Å². The van der Waals surface area contributed by atoms with Gasteiger partial charge in [0.1, 0.15) is 0 Å². The van der Waals surface area contributed by atoms with E-state index in [1.807, 2.05) is 0 Å². The van der Waals surface area contributed by atoms with Crippen LogP contribution in [0.2, 0.25) is 0 Å². The Kier molecular flexibility index (Phi) is 3.26. The highest BCUT2D eigenvalue weighted by atomic mass is 19.2. The van der Waals surface area contributed by atoms with E-state index >= 15 is 0 Å². The van der Waals surface area contributed by atoms with Gasteiger partial charge < -0.3 is 10.1 Å². The van der Waals surface area contributed by atoms with Gasteiger partial charge in [0.05, 0.1) is 24.8 Å².